The first-order valence-corrected chi connectivity index (χ1v) is 22.8. The third-order valence-corrected chi connectivity index (χ3v) is 12.4. The van der Waals surface area contributed by atoms with Gasteiger partial charge in [0.2, 0.25) is 0 Å². The summed E-state index contributed by atoms with van der Waals surface area (Å²) in [5, 5.41) is 5.93. The maximum atomic E-state index is 12.9. The van der Waals surface area contributed by atoms with Gasteiger partial charge in [0.05, 0.1) is 5.56 Å². The van der Waals surface area contributed by atoms with Gasteiger partial charge in [-0.2, -0.15) is 13.2 Å². The molecule has 1 atom stereocenters. The summed E-state index contributed by atoms with van der Waals surface area (Å²) < 4.78 is 53.1. The molecular weight excluding hydrogens is 826 g/mol. The summed E-state index contributed by atoms with van der Waals surface area (Å²) in [4.78, 5) is 0. The van der Waals surface area contributed by atoms with Crippen molar-refractivity contribution in [1.29, 1.82) is 0 Å². The van der Waals surface area contributed by atoms with E-state index in [4.69, 9.17) is 15.2 Å². The topological polar surface area (TPSA) is 49.4 Å². The van der Waals surface area contributed by atoms with Crippen LogP contribution in [0, 0.1) is 0 Å². The monoisotopic (exact) mass is 878 g/mol. The molecule has 0 bridgehead atoms. The van der Waals surface area contributed by atoms with Gasteiger partial charge in [0, 0.05) is 29.6 Å². The molecule has 332 valence electrons. The number of hydrogen-bond acceptors (Lipinski definition) is 3. The molecule has 0 radical (unpaired) electrons. The van der Waals surface area contributed by atoms with Crippen molar-refractivity contribution in [2.24, 2.45) is 5.73 Å². The third kappa shape index (κ3) is 10.4. The van der Waals surface area contributed by atoms with Gasteiger partial charge < -0.3 is 19.8 Å². The Hall–Kier alpha value is -7.09. The minimum atomic E-state index is -4.34. The zero-order chi connectivity index (χ0) is 45.5. The Morgan fingerprint density at radius 1 is 0.576 bits per heavy atom. The van der Waals surface area contributed by atoms with E-state index in [9.17, 15) is 13.2 Å². The summed E-state index contributed by atoms with van der Waals surface area (Å²) >= 11 is 0. The van der Waals surface area contributed by atoms with Crippen LogP contribution in [-0.4, -0.2) is 11.1 Å². The zero-order valence-corrected chi connectivity index (χ0v) is 37.1. The van der Waals surface area contributed by atoms with Gasteiger partial charge in [0.1, 0.15) is 24.7 Å². The number of fused-ring (bicyclic) bond motifs is 4. The number of benzene rings is 8. The van der Waals surface area contributed by atoms with Crippen molar-refractivity contribution in [3.63, 3.8) is 0 Å². The number of ether oxygens (including phenoxy) is 2. The standard InChI is InChI=1S/C30H28O.C29H25F3N2O/c1-2-8-26-19-27(17-22-9-4-3-5-10-22)29-16-15-28(20-30(26)29)31-21-23-13-14-24-11-6-7-12-25(24)18-23;30-29(31,32)25-9-6-20(7-10-25)17-34-18-24(13-14-33)27-16-26(11-12-28(27)34)35-19-21-5-8-22-3-1-2-4-23(22)15-21/h3-7,9-16,18-20,27H,2,8,17,21H2,1H3;1-12,15-16,18H,13-14,17,19,33H2. The number of nitrogens with two attached hydrogens (primary N) is 1. The highest BCUT2D eigenvalue weighted by Gasteiger charge is 2.30. The lowest BCUT2D eigenvalue weighted by Gasteiger charge is -2.14. The molecule has 4 nitrogen and oxygen atoms in total. The molecule has 0 saturated heterocycles. The Bertz CT molecular complexity index is 3120. The van der Waals surface area contributed by atoms with E-state index >= 15 is 0 Å². The highest BCUT2D eigenvalue weighted by molar-refractivity contribution is 5.86. The van der Waals surface area contributed by atoms with E-state index in [0.717, 1.165) is 70.5 Å². The predicted molar refractivity (Wildman–Crippen MR) is 264 cm³/mol. The molecule has 10 rings (SSSR count). The average molecular weight is 879 g/mol. The summed E-state index contributed by atoms with van der Waals surface area (Å²) in [6, 6.07) is 58.3. The highest BCUT2D eigenvalue weighted by atomic mass is 19.4. The SMILES string of the molecule is CCCC1=CC(Cc2ccccc2)c2ccc(OCc3ccc4ccccc4c3)cc21.NCCc1cn(Cc2ccc(C(F)(F)F)cc2)c2ccc(OCc3ccc4ccccc4c3)cc12. The molecule has 1 unspecified atom stereocenters. The Labute approximate surface area is 384 Å². The van der Waals surface area contributed by atoms with Crippen molar-refractivity contribution < 1.29 is 22.6 Å². The molecule has 0 aliphatic heterocycles. The number of aromatic nitrogens is 1. The van der Waals surface area contributed by atoms with Crippen LogP contribution in [-0.2, 0) is 38.8 Å². The van der Waals surface area contributed by atoms with Crippen LogP contribution in [0.2, 0.25) is 0 Å². The second kappa shape index (κ2) is 20.0. The normalized spacial score (nSPS) is 13.3. The van der Waals surface area contributed by atoms with Crippen LogP contribution in [0.25, 0.3) is 38.0 Å². The van der Waals surface area contributed by atoms with Crippen molar-refractivity contribution in [3.8, 4) is 11.5 Å². The van der Waals surface area contributed by atoms with Crippen LogP contribution in [0.1, 0.15) is 70.2 Å². The average Bonchev–Trinajstić information content (AvgIpc) is 3.85. The molecule has 0 fully saturated rings. The minimum absolute atomic E-state index is 0.452. The van der Waals surface area contributed by atoms with E-state index < -0.39 is 11.7 Å². The molecule has 2 N–H and O–H groups in total. The van der Waals surface area contributed by atoms with Gasteiger partial charge in [0.15, 0.2) is 0 Å². The van der Waals surface area contributed by atoms with E-state index in [1.807, 2.05) is 36.5 Å². The number of alkyl halides is 3. The number of nitrogens with zero attached hydrogens (tertiary/aromatic N) is 1. The Kier molecular flexibility index (Phi) is 13.4. The number of halogens is 3. The first kappa shape index (κ1) is 44.1. The van der Waals surface area contributed by atoms with E-state index in [1.54, 1.807) is 0 Å². The lowest BCUT2D eigenvalue weighted by molar-refractivity contribution is -0.137. The van der Waals surface area contributed by atoms with Gasteiger partial charge >= 0.3 is 6.18 Å². The summed E-state index contributed by atoms with van der Waals surface area (Å²) in [6.45, 7) is 4.27. The number of rotatable bonds is 14. The quantitative estimate of drug-likeness (QED) is 0.118. The largest absolute Gasteiger partial charge is 0.489 e. The van der Waals surface area contributed by atoms with E-state index in [1.165, 1.54) is 61.5 Å². The Balaban J connectivity index is 0.000000167. The molecular formula is C59H53F3N2O2. The molecule has 0 amide bonds. The highest BCUT2D eigenvalue weighted by Crippen LogP contribution is 2.42. The van der Waals surface area contributed by atoms with Crippen LogP contribution in [0.15, 0.2) is 188 Å². The van der Waals surface area contributed by atoms with Crippen molar-refractivity contribution in [2.75, 3.05) is 6.54 Å². The van der Waals surface area contributed by atoms with Crippen LogP contribution >= 0.6 is 0 Å². The van der Waals surface area contributed by atoms with Gasteiger partial charge in [-0.3, -0.25) is 0 Å². The van der Waals surface area contributed by atoms with Crippen molar-refractivity contribution in [3.05, 3.63) is 233 Å². The predicted octanol–water partition coefficient (Wildman–Crippen LogP) is 14.9. The fraction of sp³-hybridized carbons (Fsp3) is 0.186. The maximum absolute atomic E-state index is 12.9. The summed E-state index contributed by atoms with van der Waals surface area (Å²) in [5.41, 5.74) is 16.0. The molecule has 1 aromatic heterocycles. The smallest absolute Gasteiger partial charge is 0.416 e. The number of allylic oxidation sites excluding steroid dienone is 2. The first-order valence-electron chi connectivity index (χ1n) is 22.8. The molecule has 9 aromatic rings. The maximum Gasteiger partial charge on any atom is 0.416 e. The molecule has 0 spiro atoms. The second-order valence-corrected chi connectivity index (χ2v) is 17.1. The molecule has 1 aliphatic carbocycles. The minimum Gasteiger partial charge on any atom is -0.489 e. The summed E-state index contributed by atoms with van der Waals surface area (Å²) in [7, 11) is 0. The van der Waals surface area contributed by atoms with Crippen LogP contribution < -0.4 is 15.2 Å². The lowest BCUT2D eigenvalue weighted by Crippen LogP contribution is -2.05. The molecule has 8 aromatic carbocycles. The third-order valence-electron chi connectivity index (χ3n) is 12.4. The fourth-order valence-electron chi connectivity index (χ4n) is 9.08. The van der Waals surface area contributed by atoms with Gasteiger partial charge in [-0.05, 0) is 146 Å². The molecule has 1 aliphatic rings. The molecule has 1 heterocycles. The Morgan fingerprint density at radius 2 is 1.17 bits per heavy atom. The van der Waals surface area contributed by atoms with E-state index in [-0.39, 0.29) is 0 Å². The van der Waals surface area contributed by atoms with Gasteiger partial charge in [-0.1, -0.05) is 141 Å². The summed E-state index contributed by atoms with van der Waals surface area (Å²) in [5.74, 6) is 2.17. The number of hydrogen-bond donors (Lipinski definition) is 1. The van der Waals surface area contributed by atoms with Crippen molar-refractivity contribution in [1.82, 2.24) is 4.57 Å². The lowest BCUT2D eigenvalue weighted by atomic mass is 9.93. The van der Waals surface area contributed by atoms with Crippen molar-refractivity contribution >= 4 is 38.0 Å². The van der Waals surface area contributed by atoms with Crippen LogP contribution in [0.5, 0.6) is 11.5 Å². The van der Waals surface area contributed by atoms with Gasteiger partial charge in [0.25, 0.3) is 0 Å². The second-order valence-electron chi connectivity index (χ2n) is 17.1. The van der Waals surface area contributed by atoms with Crippen LogP contribution in [0.4, 0.5) is 13.2 Å². The zero-order valence-electron chi connectivity index (χ0n) is 37.1. The first-order chi connectivity index (χ1) is 32.2. The van der Waals surface area contributed by atoms with Crippen molar-refractivity contribution in [2.45, 2.75) is 64.5 Å². The fourth-order valence-corrected chi connectivity index (χ4v) is 9.08. The molecule has 66 heavy (non-hydrogen) atoms. The van der Waals surface area contributed by atoms with Gasteiger partial charge in [-0.15, -0.1) is 0 Å². The van der Waals surface area contributed by atoms with Crippen LogP contribution in [0.3, 0.4) is 0 Å². The Morgan fingerprint density at radius 3 is 1.79 bits per heavy atom. The van der Waals surface area contributed by atoms with Gasteiger partial charge in [-0.25, -0.2) is 0 Å². The summed E-state index contributed by atoms with van der Waals surface area (Å²) in [6.07, 6.45) is 4.20. The van der Waals surface area contributed by atoms with E-state index in [0.29, 0.717) is 38.6 Å². The molecule has 0 saturated carbocycles. The van der Waals surface area contributed by atoms with E-state index in [2.05, 4.69) is 139 Å². The molecule has 7 heteroatoms.